The van der Waals surface area contributed by atoms with Crippen LogP contribution in [0.15, 0.2) is 4.42 Å². The number of nitrogens with zero attached hydrogens (tertiary/aromatic N) is 2. The maximum absolute atomic E-state index is 12.4. The molecule has 1 aromatic heterocycles. The normalized spacial score (nSPS) is 22.9. The van der Waals surface area contributed by atoms with Gasteiger partial charge in [-0.15, -0.1) is 0 Å². The number of morpholine rings is 1. The molecule has 0 radical (unpaired) electrons. The van der Waals surface area contributed by atoms with Crippen LogP contribution in [-0.2, 0) is 21.4 Å². The molecule has 0 aliphatic carbocycles. The quantitative estimate of drug-likeness (QED) is 0.861. The van der Waals surface area contributed by atoms with Gasteiger partial charge in [-0.05, 0) is 20.8 Å². The van der Waals surface area contributed by atoms with E-state index in [-0.39, 0.29) is 23.5 Å². The number of carbonyl (C=O) groups is 1. The highest BCUT2D eigenvalue weighted by Gasteiger charge is 2.27. The Morgan fingerprint density at radius 3 is 2.36 bits per heavy atom. The number of aryl methyl sites for hydroxylation is 2. The second kappa shape index (κ2) is 6.41. The van der Waals surface area contributed by atoms with Crippen LogP contribution in [0.1, 0.15) is 58.4 Å². The largest absolute Gasteiger partial charge is 0.445 e. The summed E-state index contributed by atoms with van der Waals surface area (Å²) in [5.74, 6) is 1.73. The lowest BCUT2D eigenvalue weighted by Crippen LogP contribution is -2.48. The molecular weight excluding hydrogens is 280 g/mol. The minimum Gasteiger partial charge on any atom is -0.445 e. The molecule has 2 unspecified atom stereocenters. The third-order valence-electron chi connectivity index (χ3n) is 3.87. The monoisotopic (exact) mass is 308 g/mol. The molecule has 22 heavy (non-hydrogen) atoms. The molecule has 0 bridgehead atoms. The third-order valence-corrected chi connectivity index (χ3v) is 3.87. The van der Waals surface area contributed by atoms with Gasteiger partial charge >= 0.3 is 0 Å². The van der Waals surface area contributed by atoms with Crippen LogP contribution in [-0.4, -0.2) is 41.1 Å². The van der Waals surface area contributed by atoms with E-state index in [1.165, 1.54) is 0 Å². The zero-order valence-electron chi connectivity index (χ0n) is 14.6. The Labute approximate surface area is 133 Å². The molecule has 0 N–H and O–H groups in total. The van der Waals surface area contributed by atoms with Crippen LogP contribution in [0, 0.1) is 6.92 Å². The molecule has 1 aliphatic heterocycles. The van der Waals surface area contributed by atoms with Gasteiger partial charge in [0.1, 0.15) is 5.76 Å². The number of oxazole rings is 1. The topological polar surface area (TPSA) is 55.6 Å². The molecule has 1 aromatic rings. The number of hydrogen-bond donors (Lipinski definition) is 0. The zero-order chi connectivity index (χ0) is 16.5. The molecule has 1 amide bonds. The van der Waals surface area contributed by atoms with Crippen molar-refractivity contribution in [3.05, 3.63) is 17.3 Å². The van der Waals surface area contributed by atoms with Crippen LogP contribution >= 0.6 is 0 Å². The Morgan fingerprint density at radius 2 is 1.86 bits per heavy atom. The van der Waals surface area contributed by atoms with Crippen LogP contribution < -0.4 is 0 Å². The summed E-state index contributed by atoms with van der Waals surface area (Å²) >= 11 is 0. The SMILES string of the molecule is Cc1nc(C(C)(C)C)oc1CCC(=O)N1CC(C)OC(C)C1. The summed E-state index contributed by atoms with van der Waals surface area (Å²) < 4.78 is 11.5. The number of hydrogen-bond acceptors (Lipinski definition) is 4. The number of aromatic nitrogens is 1. The van der Waals surface area contributed by atoms with Gasteiger partial charge in [0.2, 0.25) is 5.91 Å². The first-order chi connectivity index (χ1) is 10.2. The molecule has 2 atom stereocenters. The first kappa shape index (κ1) is 17.0. The summed E-state index contributed by atoms with van der Waals surface area (Å²) in [4.78, 5) is 18.8. The highest BCUT2D eigenvalue weighted by atomic mass is 16.5. The molecule has 0 aromatic carbocycles. The van der Waals surface area contributed by atoms with Crippen molar-refractivity contribution in [2.45, 2.75) is 72.0 Å². The average Bonchev–Trinajstić information content (AvgIpc) is 2.76. The average molecular weight is 308 g/mol. The van der Waals surface area contributed by atoms with Gasteiger partial charge in [-0.25, -0.2) is 4.98 Å². The Morgan fingerprint density at radius 1 is 1.27 bits per heavy atom. The lowest BCUT2D eigenvalue weighted by atomic mass is 9.97. The minimum atomic E-state index is -0.109. The van der Waals surface area contributed by atoms with E-state index >= 15 is 0 Å². The second-order valence-corrected chi connectivity index (χ2v) is 7.33. The van der Waals surface area contributed by atoms with Crippen molar-refractivity contribution in [2.24, 2.45) is 0 Å². The van der Waals surface area contributed by atoms with E-state index in [2.05, 4.69) is 25.8 Å². The van der Waals surface area contributed by atoms with Gasteiger partial charge in [0.05, 0.1) is 17.9 Å². The Balaban J connectivity index is 1.95. The first-order valence-electron chi connectivity index (χ1n) is 8.07. The number of ether oxygens (including phenoxy) is 1. The van der Waals surface area contributed by atoms with Crippen molar-refractivity contribution in [3.8, 4) is 0 Å². The molecule has 5 heteroatoms. The number of carbonyl (C=O) groups excluding carboxylic acids is 1. The molecule has 0 saturated carbocycles. The lowest BCUT2D eigenvalue weighted by molar-refractivity contribution is -0.143. The number of amides is 1. The van der Waals surface area contributed by atoms with Gasteiger partial charge in [-0.3, -0.25) is 4.79 Å². The van der Waals surface area contributed by atoms with Gasteiger partial charge in [0.25, 0.3) is 0 Å². The maximum Gasteiger partial charge on any atom is 0.223 e. The van der Waals surface area contributed by atoms with Gasteiger partial charge < -0.3 is 14.1 Å². The lowest BCUT2D eigenvalue weighted by Gasteiger charge is -2.35. The van der Waals surface area contributed by atoms with Crippen LogP contribution in [0.5, 0.6) is 0 Å². The summed E-state index contributed by atoms with van der Waals surface area (Å²) in [6, 6.07) is 0. The van der Waals surface area contributed by atoms with Gasteiger partial charge in [-0.2, -0.15) is 0 Å². The van der Waals surface area contributed by atoms with Gasteiger partial charge in [0, 0.05) is 31.3 Å². The Kier molecular flexibility index (Phi) is 4.95. The molecule has 1 fully saturated rings. The van der Waals surface area contributed by atoms with Crippen LogP contribution in [0.3, 0.4) is 0 Å². The highest BCUT2D eigenvalue weighted by Crippen LogP contribution is 2.24. The van der Waals surface area contributed by atoms with Crippen molar-refractivity contribution in [3.63, 3.8) is 0 Å². The minimum absolute atomic E-state index is 0.104. The van der Waals surface area contributed by atoms with Crippen LogP contribution in [0.2, 0.25) is 0 Å². The van der Waals surface area contributed by atoms with Crippen LogP contribution in [0.4, 0.5) is 0 Å². The summed E-state index contributed by atoms with van der Waals surface area (Å²) in [7, 11) is 0. The number of rotatable bonds is 3. The van der Waals surface area contributed by atoms with E-state index in [0.717, 1.165) is 17.3 Å². The Bertz CT molecular complexity index is 520. The third kappa shape index (κ3) is 4.09. The standard InChI is InChI=1S/C17H28N2O3/c1-11-9-19(10-12(2)21-11)15(20)8-7-14-13(3)18-16(22-14)17(4,5)6/h11-12H,7-10H2,1-6H3. The summed E-state index contributed by atoms with van der Waals surface area (Å²) in [6.45, 7) is 13.5. The predicted molar refractivity (Wildman–Crippen MR) is 84.9 cm³/mol. The molecule has 124 valence electrons. The molecule has 1 aliphatic rings. The zero-order valence-corrected chi connectivity index (χ0v) is 14.6. The predicted octanol–water partition coefficient (Wildman–Crippen LogP) is 2.85. The fraction of sp³-hybridized carbons (Fsp3) is 0.765. The van der Waals surface area contributed by atoms with E-state index in [0.29, 0.717) is 25.9 Å². The summed E-state index contributed by atoms with van der Waals surface area (Å²) in [5, 5.41) is 0. The van der Waals surface area contributed by atoms with Gasteiger partial charge in [0.15, 0.2) is 5.89 Å². The molecule has 2 rings (SSSR count). The molecular formula is C17H28N2O3. The molecule has 1 saturated heterocycles. The fourth-order valence-electron chi connectivity index (χ4n) is 2.74. The molecule has 2 heterocycles. The van der Waals surface area contributed by atoms with Crippen molar-refractivity contribution in [1.82, 2.24) is 9.88 Å². The van der Waals surface area contributed by atoms with E-state index < -0.39 is 0 Å². The van der Waals surface area contributed by atoms with Crippen LogP contribution in [0.25, 0.3) is 0 Å². The highest BCUT2D eigenvalue weighted by molar-refractivity contribution is 5.76. The van der Waals surface area contributed by atoms with Gasteiger partial charge in [-0.1, -0.05) is 20.8 Å². The summed E-state index contributed by atoms with van der Waals surface area (Å²) in [5.41, 5.74) is 0.781. The Hall–Kier alpha value is -1.36. The smallest absolute Gasteiger partial charge is 0.223 e. The maximum atomic E-state index is 12.4. The first-order valence-corrected chi connectivity index (χ1v) is 8.07. The van der Waals surface area contributed by atoms with Crippen molar-refractivity contribution in [1.29, 1.82) is 0 Å². The molecule has 5 nitrogen and oxygen atoms in total. The van der Waals surface area contributed by atoms with E-state index in [1.807, 2.05) is 25.7 Å². The van der Waals surface area contributed by atoms with Crippen molar-refractivity contribution >= 4 is 5.91 Å². The van der Waals surface area contributed by atoms with E-state index in [1.54, 1.807) is 0 Å². The van der Waals surface area contributed by atoms with Crippen molar-refractivity contribution < 1.29 is 13.9 Å². The summed E-state index contributed by atoms with van der Waals surface area (Å²) in [6.07, 6.45) is 1.27. The fourth-order valence-corrected chi connectivity index (χ4v) is 2.74. The molecule has 0 spiro atoms. The van der Waals surface area contributed by atoms with E-state index in [9.17, 15) is 4.79 Å². The van der Waals surface area contributed by atoms with E-state index in [4.69, 9.17) is 9.15 Å². The second-order valence-electron chi connectivity index (χ2n) is 7.33. The van der Waals surface area contributed by atoms with Crippen molar-refractivity contribution in [2.75, 3.05) is 13.1 Å².